The van der Waals surface area contributed by atoms with Crippen LogP contribution in [-0.4, -0.2) is 65.0 Å². The lowest BCUT2D eigenvalue weighted by atomic mass is 10.2. The highest BCUT2D eigenvalue weighted by atomic mass is 16.4. The molecule has 7 heteroatoms. The monoisotopic (exact) mass is 285 g/mol. The number of urea groups is 1. The Balaban J connectivity index is 2.36. The van der Waals surface area contributed by atoms with Crippen molar-refractivity contribution >= 4 is 17.9 Å². The fraction of sp³-hybridized carbons (Fsp3) is 0.769. The lowest BCUT2D eigenvalue weighted by Gasteiger charge is -2.22. The maximum atomic E-state index is 11.9. The normalized spacial score (nSPS) is 17.9. The number of hydrogen-bond acceptors (Lipinski definition) is 3. The first-order chi connectivity index (χ1) is 9.51. The summed E-state index contributed by atoms with van der Waals surface area (Å²) in [4.78, 5) is 37.6. The quantitative estimate of drug-likeness (QED) is 0.743. The van der Waals surface area contributed by atoms with E-state index in [0.717, 1.165) is 0 Å². The van der Waals surface area contributed by atoms with E-state index in [1.54, 1.807) is 4.90 Å². The van der Waals surface area contributed by atoms with Crippen molar-refractivity contribution in [2.75, 3.05) is 26.2 Å². The van der Waals surface area contributed by atoms with Gasteiger partial charge in [-0.2, -0.15) is 0 Å². The van der Waals surface area contributed by atoms with Gasteiger partial charge >= 0.3 is 12.0 Å². The van der Waals surface area contributed by atoms with Gasteiger partial charge in [0.15, 0.2) is 0 Å². The highest BCUT2D eigenvalue weighted by molar-refractivity contribution is 5.83. The predicted molar refractivity (Wildman–Crippen MR) is 73.3 cm³/mol. The summed E-state index contributed by atoms with van der Waals surface area (Å²) in [7, 11) is 0. The molecule has 20 heavy (non-hydrogen) atoms. The van der Waals surface area contributed by atoms with Crippen molar-refractivity contribution in [3.8, 4) is 0 Å². The fourth-order valence-electron chi connectivity index (χ4n) is 2.38. The number of likely N-dealkylation sites (tertiary alicyclic amines) is 1. The van der Waals surface area contributed by atoms with Gasteiger partial charge in [-0.05, 0) is 26.7 Å². The first kappa shape index (κ1) is 16.3. The fourth-order valence-corrected chi connectivity index (χ4v) is 2.38. The van der Waals surface area contributed by atoms with E-state index in [0.29, 0.717) is 32.5 Å². The first-order valence-electron chi connectivity index (χ1n) is 7.06. The Labute approximate surface area is 118 Å². The van der Waals surface area contributed by atoms with E-state index in [1.165, 1.54) is 4.90 Å². The van der Waals surface area contributed by atoms with Crippen LogP contribution in [0.2, 0.25) is 0 Å². The van der Waals surface area contributed by atoms with E-state index in [-0.39, 0.29) is 18.9 Å². The molecular weight excluding hydrogens is 262 g/mol. The molecule has 7 nitrogen and oxygen atoms in total. The van der Waals surface area contributed by atoms with Crippen LogP contribution in [-0.2, 0) is 9.59 Å². The Bertz CT molecular complexity index is 369. The molecular formula is C13H23N3O4. The molecule has 0 radical (unpaired) electrons. The third kappa shape index (κ3) is 4.11. The van der Waals surface area contributed by atoms with Crippen molar-refractivity contribution in [3.63, 3.8) is 0 Å². The van der Waals surface area contributed by atoms with Gasteiger partial charge in [-0.1, -0.05) is 0 Å². The van der Waals surface area contributed by atoms with Crippen LogP contribution >= 0.6 is 0 Å². The average Bonchev–Trinajstić information content (AvgIpc) is 2.89. The highest BCUT2D eigenvalue weighted by Gasteiger charge is 2.33. The standard InChI is InChI=1S/C13H23N3O4/c1-3-15(4-2)11(17)7-8-14-13(20)16-9-5-6-10(16)12(18)19/h10H,3-9H2,1-2H3,(H,14,20)(H,18,19). The number of nitrogens with zero attached hydrogens (tertiary/aromatic N) is 2. The molecule has 1 saturated heterocycles. The lowest BCUT2D eigenvalue weighted by molar-refractivity contribution is -0.141. The summed E-state index contributed by atoms with van der Waals surface area (Å²) in [5, 5.41) is 11.6. The molecule has 1 rings (SSSR count). The molecule has 2 N–H and O–H groups in total. The van der Waals surface area contributed by atoms with Crippen LogP contribution in [0.5, 0.6) is 0 Å². The van der Waals surface area contributed by atoms with Gasteiger partial charge in [0, 0.05) is 32.6 Å². The Morgan fingerprint density at radius 1 is 1.30 bits per heavy atom. The van der Waals surface area contributed by atoms with Crippen molar-refractivity contribution in [1.82, 2.24) is 15.1 Å². The van der Waals surface area contributed by atoms with Gasteiger partial charge < -0.3 is 20.2 Å². The molecule has 1 atom stereocenters. The van der Waals surface area contributed by atoms with Crippen molar-refractivity contribution < 1.29 is 19.5 Å². The Kier molecular flexibility index (Phi) is 6.27. The van der Waals surface area contributed by atoms with E-state index in [1.807, 2.05) is 13.8 Å². The molecule has 1 unspecified atom stereocenters. The zero-order chi connectivity index (χ0) is 15.1. The minimum absolute atomic E-state index is 0.00786. The summed E-state index contributed by atoms with van der Waals surface area (Å²) in [5.74, 6) is -0.983. The number of nitrogens with one attached hydrogen (secondary N) is 1. The summed E-state index contributed by atoms with van der Waals surface area (Å²) < 4.78 is 0. The second-order valence-electron chi connectivity index (χ2n) is 4.74. The summed E-state index contributed by atoms with van der Waals surface area (Å²) in [6, 6.07) is -1.14. The number of rotatable bonds is 6. The topological polar surface area (TPSA) is 90.0 Å². The highest BCUT2D eigenvalue weighted by Crippen LogP contribution is 2.17. The minimum atomic E-state index is -0.975. The Hall–Kier alpha value is -1.79. The zero-order valence-electron chi connectivity index (χ0n) is 12.1. The number of aliphatic carboxylic acids is 1. The van der Waals surface area contributed by atoms with Crippen molar-refractivity contribution in [1.29, 1.82) is 0 Å². The second kappa shape index (κ2) is 7.72. The van der Waals surface area contributed by atoms with Crippen LogP contribution in [0.3, 0.4) is 0 Å². The summed E-state index contributed by atoms with van der Waals surface area (Å²) in [6.07, 6.45) is 1.42. The molecule has 0 aromatic heterocycles. The molecule has 1 aliphatic rings. The van der Waals surface area contributed by atoms with E-state index in [9.17, 15) is 14.4 Å². The Morgan fingerprint density at radius 3 is 2.50 bits per heavy atom. The zero-order valence-corrected chi connectivity index (χ0v) is 12.1. The van der Waals surface area contributed by atoms with Crippen molar-refractivity contribution in [2.24, 2.45) is 0 Å². The van der Waals surface area contributed by atoms with Gasteiger partial charge in [-0.3, -0.25) is 4.79 Å². The van der Waals surface area contributed by atoms with E-state index in [4.69, 9.17) is 5.11 Å². The average molecular weight is 285 g/mol. The largest absolute Gasteiger partial charge is 0.480 e. The SMILES string of the molecule is CCN(CC)C(=O)CCNC(=O)N1CCCC1C(=O)O. The molecule has 0 aliphatic carbocycles. The summed E-state index contributed by atoms with van der Waals surface area (Å²) >= 11 is 0. The molecule has 1 aliphatic heterocycles. The summed E-state index contributed by atoms with van der Waals surface area (Å²) in [6.45, 7) is 5.79. The molecule has 114 valence electrons. The van der Waals surface area contributed by atoms with Gasteiger partial charge in [0.05, 0.1) is 0 Å². The third-order valence-electron chi connectivity index (χ3n) is 3.53. The van der Waals surface area contributed by atoms with Crippen molar-refractivity contribution in [2.45, 2.75) is 39.2 Å². The lowest BCUT2D eigenvalue weighted by Crippen LogP contribution is -2.46. The van der Waals surface area contributed by atoms with Gasteiger partial charge in [0.25, 0.3) is 0 Å². The molecule has 1 fully saturated rings. The predicted octanol–water partition coefficient (Wildman–Crippen LogP) is 0.504. The molecule has 3 amide bonds. The number of carbonyl (C=O) groups is 3. The Morgan fingerprint density at radius 2 is 1.95 bits per heavy atom. The van der Waals surface area contributed by atoms with Crippen LogP contribution in [0.25, 0.3) is 0 Å². The van der Waals surface area contributed by atoms with Crippen LogP contribution in [0.15, 0.2) is 0 Å². The van der Waals surface area contributed by atoms with E-state index < -0.39 is 18.0 Å². The van der Waals surface area contributed by atoms with Crippen molar-refractivity contribution in [3.05, 3.63) is 0 Å². The maximum Gasteiger partial charge on any atom is 0.326 e. The summed E-state index contributed by atoms with van der Waals surface area (Å²) in [5.41, 5.74) is 0. The molecule has 0 aromatic carbocycles. The smallest absolute Gasteiger partial charge is 0.326 e. The second-order valence-corrected chi connectivity index (χ2v) is 4.74. The van der Waals surface area contributed by atoms with Crippen LogP contribution in [0.4, 0.5) is 4.79 Å². The van der Waals surface area contributed by atoms with Gasteiger partial charge in [0.1, 0.15) is 6.04 Å². The van der Waals surface area contributed by atoms with Gasteiger partial charge in [0.2, 0.25) is 5.91 Å². The molecule has 1 heterocycles. The van der Waals surface area contributed by atoms with Crippen LogP contribution < -0.4 is 5.32 Å². The van der Waals surface area contributed by atoms with Gasteiger partial charge in [-0.15, -0.1) is 0 Å². The van der Waals surface area contributed by atoms with E-state index in [2.05, 4.69) is 5.32 Å². The number of carboxylic acids is 1. The number of carbonyl (C=O) groups excluding carboxylic acids is 2. The van der Waals surface area contributed by atoms with Crippen LogP contribution in [0.1, 0.15) is 33.1 Å². The maximum absolute atomic E-state index is 11.9. The molecule has 0 bridgehead atoms. The number of carboxylic acid groups (broad SMARTS) is 1. The minimum Gasteiger partial charge on any atom is -0.480 e. The van der Waals surface area contributed by atoms with Crippen LogP contribution in [0, 0.1) is 0 Å². The third-order valence-corrected chi connectivity index (χ3v) is 3.53. The molecule has 0 aromatic rings. The van der Waals surface area contributed by atoms with E-state index >= 15 is 0 Å². The number of hydrogen-bond donors (Lipinski definition) is 2. The number of amides is 3. The first-order valence-corrected chi connectivity index (χ1v) is 7.06. The molecule has 0 spiro atoms. The van der Waals surface area contributed by atoms with Gasteiger partial charge in [-0.25, -0.2) is 9.59 Å². The molecule has 0 saturated carbocycles.